The van der Waals surface area contributed by atoms with E-state index >= 15 is 0 Å². The first-order valence-corrected chi connectivity index (χ1v) is 14.4. The summed E-state index contributed by atoms with van der Waals surface area (Å²) in [6.45, 7) is 14.8. The van der Waals surface area contributed by atoms with Crippen molar-refractivity contribution in [2.45, 2.75) is 59.7 Å². The molecule has 1 saturated heterocycles. The highest BCUT2D eigenvalue weighted by atomic mass is 16.6. The monoisotopic (exact) mass is 569 g/mol. The summed E-state index contributed by atoms with van der Waals surface area (Å²) in [5.74, 6) is 1.29. The van der Waals surface area contributed by atoms with Gasteiger partial charge in [0.15, 0.2) is 5.82 Å². The molecule has 1 aliphatic heterocycles. The summed E-state index contributed by atoms with van der Waals surface area (Å²) in [6.07, 6.45) is -0.752. The van der Waals surface area contributed by atoms with Crippen LogP contribution in [0.4, 0.5) is 15.4 Å². The number of benzene rings is 2. The Morgan fingerprint density at radius 1 is 0.952 bits per heavy atom. The van der Waals surface area contributed by atoms with Gasteiger partial charge in [-0.25, -0.2) is 14.3 Å². The molecule has 3 aromatic rings. The molecule has 9 heteroatoms. The summed E-state index contributed by atoms with van der Waals surface area (Å²) >= 11 is 0. The van der Waals surface area contributed by atoms with E-state index in [2.05, 4.69) is 6.07 Å². The number of likely N-dealkylation sites (tertiary alicyclic amines) is 1. The highest BCUT2D eigenvalue weighted by molar-refractivity contribution is 5.88. The number of fused-ring (bicyclic) bond motifs is 1. The van der Waals surface area contributed by atoms with Crippen molar-refractivity contribution < 1.29 is 19.1 Å². The Morgan fingerprint density at radius 2 is 1.55 bits per heavy atom. The Kier molecular flexibility index (Phi) is 7.52. The van der Waals surface area contributed by atoms with Crippen LogP contribution in [0.5, 0.6) is 0 Å². The van der Waals surface area contributed by atoms with E-state index in [1.165, 1.54) is 0 Å². The van der Waals surface area contributed by atoms with Gasteiger partial charge >= 0.3 is 12.2 Å². The van der Waals surface area contributed by atoms with Gasteiger partial charge in [-0.1, -0.05) is 29.8 Å². The third-order valence-corrected chi connectivity index (χ3v) is 7.59. The van der Waals surface area contributed by atoms with E-state index in [1.807, 2.05) is 90.9 Å². The van der Waals surface area contributed by atoms with Gasteiger partial charge in [0.1, 0.15) is 11.2 Å². The lowest BCUT2D eigenvalue weighted by Gasteiger charge is -2.28. The van der Waals surface area contributed by atoms with E-state index in [1.54, 1.807) is 26.6 Å². The number of aryl methyl sites for hydroxylation is 1. The van der Waals surface area contributed by atoms with Gasteiger partial charge in [0.05, 0.1) is 23.0 Å². The minimum absolute atomic E-state index is 0.221. The topological polar surface area (TPSA) is 101 Å². The number of amides is 2. The molecule has 220 valence electrons. The van der Waals surface area contributed by atoms with Gasteiger partial charge in [-0.05, 0) is 90.5 Å². The number of aromatic nitrogens is 2. The Bertz CT molecular complexity index is 1490. The fraction of sp³-hybridized carbons (Fsp3) is 0.455. The minimum Gasteiger partial charge on any atom is -0.444 e. The van der Waals surface area contributed by atoms with Crippen molar-refractivity contribution in [3.8, 4) is 23.0 Å². The summed E-state index contributed by atoms with van der Waals surface area (Å²) in [7, 11) is 0. The van der Waals surface area contributed by atoms with E-state index < -0.39 is 17.3 Å². The van der Waals surface area contributed by atoms with Crippen LogP contribution in [0.25, 0.3) is 16.9 Å². The number of ether oxygens (including phenoxy) is 2. The number of carbonyl (C=O) groups is 2. The van der Waals surface area contributed by atoms with Gasteiger partial charge in [-0.2, -0.15) is 5.26 Å². The molecule has 0 radical (unpaired) electrons. The van der Waals surface area contributed by atoms with Crippen molar-refractivity contribution >= 4 is 18.0 Å². The van der Waals surface area contributed by atoms with E-state index in [4.69, 9.17) is 14.6 Å². The number of carbonyl (C=O) groups excluding carboxylic acids is 2. The van der Waals surface area contributed by atoms with E-state index in [0.717, 1.165) is 22.5 Å². The molecule has 1 aromatic heterocycles. The second-order valence-electron chi connectivity index (χ2n) is 13.3. The first-order valence-electron chi connectivity index (χ1n) is 14.4. The summed E-state index contributed by atoms with van der Waals surface area (Å²) in [6, 6.07) is 19.4. The Labute approximate surface area is 247 Å². The standard InChI is InChI=1S/C33H39N5O4/c1-21-8-12-23(13-9-21)28-16-29(35-38(28)24-14-10-22(17-34)11-15-24)37(31(40)42-33(5,6)7)20-27-25-18-36(19-26(25)27)30(39)41-32(2,3)4/h8-16,25-27H,18-20H2,1-7H3/t25-,26+,27+. The Balaban J connectivity index is 1.45. The van der Waals surface area contributed by atoms with Crippen LogP contribution in [-0.4, -0.2) is 57.7 Å². The molecule has 2 fully saturated rings. The molecule has 1 saturated carbocycles. The maximum Gasteiger partial charge on any atom is 0.416 e. The number of nitrogens with zero attached hydrogens (tertiary/aromatic N) is 5. The van der Waals surface area contributed by atoms with Crippen LogP contribution in [0.2, 0.25) is 0 Å². The zero-order valence-electron chi connectivity index (χ0n) is 25.4. The van der Waals surface area contributed by atoms with E-state index in [0.29, 0.717) is 42.9 Å². The first kappa shape index (κ1) is 29.2. The lowest BCUT2D eigenvalue weighted by atomic mass is 10.1. The fourth-order valence-electron chi connectivity index (χ4n) is 5.49. The molecule has 3 atom stereocenters. The molecule has 9 nitrogen and oxygen atoms in total. The average Bonchev–Trinajstić information content (AvgIpc) is 3.23. The van der Waals surface area contributed by atoms with Gasteiger partial charge in [0, 0.05) is 31.3 Å². The Hall–Kier alpha value is -4.32. The normalized spacial score (nSPS) is 19.6. The van der Waals surface area contributed by atoms with Crippen LogP contribution in [0, 0.1) is 36.0 Å². The number of rotatable bonds is 5. The van der Waals surface area contributed by atoms with Crippen molar-refractivity contribution in [2.24, 2.45) is 17.8 Å². The van der Waals surface area contributed by atoms with Crippen molar-refractivity contribution in [3.63, 3.8) is 0 Å². The zero-order chi connectivity index (χ0) is 30.4. The largest absolute Gasteiger partial charge is 0.444 e. The van der Waals surface area contributed by atoms with Crippen LogP contribution < -0.4 is 4.90 Å². The van der Waals surface area contributed by atoms with Crippen molar-refractivity contribution in [1.29, 1.82) is 5.26 Å². The van der Waals surface area contributed by atoms with Gasteiger partial charge < -0.3 is 14.4 Å². The highest BCUT2D eigenvalue weighted by Gasteiger charge is 2.58. The molecule has 1 aliphatic carbocycles. The zero-order valence-corrected chi connectivity index (χ0v) is 25.4. The number of nitriles is 1. The van der Waals surface area contributed by atoms with Crippen molar-refractivity contribution in [3.05, 3.63) is 65.7 Å². The predicted octanol–water partition coefficient (Wildman–Crippen LogP) is 6.57. The summed E-state index contributed by atoms with van der Waals surface area (Å²) in [4.78, 5) is 29.6. The molecule has 2 heterocycles. The maximum atomic E-state index is 13.6. The molecule has 2 amide bonds. The number of hydrogen-bond acceptors (Lipinski definition) is 6. The van der Waals surface area contributed by atoms with E-state index in [-0.39, 0.29) is 12.0 Å². The van der Waals surface area contributed by atoms with Gasteiger partial charge in [-0.15, -0.1) is 5.10 Å². The number of anilines is 1. The SMILES string of the molecule is Cc1ccc(-c2cc(N(C[C@H]3[C@@H]4CN(C(=O)OC(C)(C)C)C[C@@H]43)C(=O)OC(C)(C)C)nn2-c2ccc(C#N)cc2)cc1. The van der Waals surface area contributed by atoms with E-state index in [9.17, 15) is 14.9 Å². The molecule has 0 bridgehead atoms. The second-order valence-corrected chi connectivity index (χ2v) is 13.3. The fourth-order valence-corrected chi connectivity index (χ4v) is 5.49. The Morgan fingerprint density at radius 3 is 2.10 bits per heavy atom. The number of piperidine rings is 1. The van der Waals surface area contributed by atoms with Gasteiger partial charge in [0.25, 0.3) is 0 Å². The molecule has 2 aliphatic rings. The van der Waals surface area contributed by atoms with Crippen molar-refractivity contribution in [1.82, 2.24) is 14.7 Å². The lowest BCUT2D eigenvalue weighted by Crippen LogP contribution is -2.41. The molecule has 0 N–H and O–H groups in total. The molecule has 42 heavy (non-hydrogen) atoms. The predicted molar refractivity (Wildman–Crippen MR) is 160 cm³/mol. The third kappa shape index (κ3) is 6.43. The minimum atomic E-state index is -0.683. The van der Waals surface area contributed by atoms with Crippen LogP contribution in [0.3, 0.4) is 0 Å². The van der Waals surface area contributed by atoms with Crippen LogP contribution in [0.15, 0.2) is 54.6 Å². The molecular weight excluding hydrogens is 530 g/mol. The maximum absolute atomic E-state index is 13.6. The summed E-state index contributed by atoms with van der Waals surface area (Å²) in [5, 5.41) is 14.2. The molecule has 0 spiro atoms. The summed E-state index contributed by atoms with van der Waals surface area (Å²) < 4.78 is 13.2. The van der Waals surface area contributed by atoms with Crippen molar-refractivity contribution in [2.75, 3.05) is 24.5 Å². The van der Waals surface area contributed by atoms with Crippen LogP contribution in [-0.2, 0) is 9.47 Å². The van der Waals surface area contributed by atoms with Crippen LogP contribution in [0.1, 0.15) is 52.7 Å². The van der Waals surface area contributed by atoms with Gasteiger partial charge in [0.2, 0.25) is 0 Å². The second kappa shape index (κ2) is 10.8. The average molecular weight is 570 g/mol. The molecule has 0 unspecified atom stereocenters. The first-order chi connectivity index (χ1) is 19.7. The van der Waals surface area contributed by atoms with Gasteiger partial charge in [-0.3, -0.25) is 4.90 Å². The third-order valence-electron chi connectivity index (χ3n) is 7.59. The summed E-state index contributed by atoms with van der Waals surface area (Å²) in [5.41, 5.74) is 3.01. The highest BCUT2D eigenvalue weighted by Crippen LogP contribution is 2.52. The smallest absolute Gasteiger partial charge is 0.416 e. The molecule has 5 rings (SSSR count). The number of hydrogen-bond donors (Lipinski definition) is 0. The lowest BCUT2D eigenvalue weighted by molar-refractivity contribution is 0.0264. The quantitative estimate of drug-likeness (QED) is 0.344. The molecule has 2 aromatic carbocycles. The molecular formula is C33H39N5O4. The van der Waals surface area contributed by atoms with Crippen LogP contribution >= 0.6 is 0 Å².